The van der Waals surface area contributed by atoms with E-state index in [-0.39, 0.29) is 11.3 Å². The number of carbonyl (C=O) groups excluding carboxylic acids is 1. The molecule has 0 aromatic rings. The third kappa shape index (κ3) is 0.906. The molecule has 2 aliphatic rings. The van der Waals surface area contributed by atoms with Crippen molar-refractivity contribution < 1.29 is 14.7 Å². The van der Waals surface area contributed by atoms with E-state index in [4.69, 9.17) is 5.11 Å². The number of carbonyl (C=O) groups is 2. The molecule has 1 aliphatic carbocycles. The quantitative estimate of drug-likeness (QED) is 0.590. The largest absolute Gasteiger partial charge is 0.465 e. The summed E-state index contributed by atoms with van der Waals surface area (Å²) in [6.07, 6.45) is 2.39. The minimum Gasteiger partial charge on any atom is -0.465 e. The average molecular weight is 169 g/mol. The van der Waals surface area contributed by atoms with Crippen molar-refractivity contribution in [1.82, 2.24) is 4.90 Å². The molecule has 0 atom stereocenters. The molecule has 4 heteroatoms. The van der Waals surface area contributed by atoms with Crippen molar-refractivity contribution in [3.05, 3.63) is 0 Å². The minimum atomic E-state index is -1.09. The molecule has 2 amide bonds. The lowest BCUT2D eigenvalue weighted by Crippen LogP contribution is -2.45. The number of likely N-dealkylation sites (tertiary alicyclic amines) is 1. The van der Waals surface area contributed by atoms with Crippen LogP contribution in [0.2, 0.25) is 0 Å². The van der Waals surface area contributed by atoms with Crippen LogP contribution in [0.15, 0.2) is 0 Å². The molecule has 0 bridgehead atoms. The molecule has 0 aromatic carbocycles. The van der Waals surface area contributed by atoms with E-state index < -0.39 is 6.09 Å². The van der Waals surface area contributed by atoms with Crippen LogP contribution >= 0.6 is 0 Å². The van der Waals surface area contributed by atoms with Gasteiger partial charge in [-0.15, -0.1) is 0 Å². The topological polar surface area (TPSA) is 57.6 Å². The predicted octanol–water partition coefficient (Wildman–Crippen LogP) is 1.07. The van der Waals surface area contributed by atoms with E-state index in [1.165, 1.54) is 0 Å². The number of nitrogens with zero attached hydrogens (tertiary/aromatic N) is 1. The summed E-state index contributed by atoms with van der Waals surface area (Å²) in [6, 6.07) is 0. The second kappa shape index (κ2) is 2.21. The molecule has 1 heterocycles. The predicted molar refractivity (Wildman–Crippen MR) is 40.6 cm³/mol. The van der Waals surface area contributed by atoms with E-state index in [1.807, 2.05) is 0 Å². The van der Waals surface area contributed by atoms with Gasteiger partial charge >= 0.3 is 6.09 Å². The van der Waals surface area contributed by atoms with Crippen molar-refractivity contribution in [3.8, 4) is 0 Å². The fourth-order valence-electron chi connectivity index (χ4n) is 1.87. The van der Waals surface area contributed by atoms with Gasteiger partial charge in [0.1, 0.15) is 0 Å². The zero-order chi connectivity index (χ0) is 8.77. The Kier molecular flexibility index (Phi) is 1.40. The fraction of sp³-hybridized carbons (Fsp3) is 0.750. The van der Waals surface area contributed by atoms with Gasteiger partial charge in [-0.25, -0.2) is 9.69 Å². The summed E-state index contributed by atoms with van der Waals surface area (Å²) in [5.74, 6) is -0.166. The Morgan fingerprint density at radius 1 is 1.42 bits per heavy atom. The maximum atomic E-state index is 11.5. The number of hydrogen-bond acceptors (Lipinski definition) is 2. The van der Waals surface area contributed by atoms with Crippen LogP contribution in [0.4, 0.5) is 4.79 Å². The van der Waals surface area contributed by atoms with Gasteiger partial charge in [-0.3, -0.25) is 4.79 Å². The van der Waals surface area contributed by atoms with Crippen molar-refractivity contribution in [2.75, 3.05) is 6.54 Å². The molecular formula is C8H11NO3. The highest BCUT2D eigenvalue weighted by molar-refractivity contribution is 5.96. The lowest BCUT2D eigenvalue weighted by molar-refractivity contribution is -0.137. The van der Waals surface area contributed by atoms with Crippen molar-refractivity contribution in [2.24, 2.45) is 5.41 Å². The molecule has 1 saturated carbocycles. The smallest absolute Gasteiger partial charge is 0.414 e. The lowest BCUT2D eigenvalue weighted by Gasteiger charge is -2.28. The highest BCUT2D eigenvalue weighted by atomic mass is 16.4. The number of rotatable bonds is 0. The Morgan fingerprint density at radius 2 is 2.08 bits per heavy atom. The van der Waals surface area contributed by atoms with Gasteiger partial charge in [-0.1, -0.05) is 0 Å². The molecule has 1 spiro atoms. The molecule has 4 nitrogen and oxygen atoms in total. The Labute approximate surface area is 70.2 Å². The number of piperidine rings is 1. The summed E-state index contributed by atoms with van der Waals surface area (Å²) in [4.78, 5) is 23.1. The monoisotopic (exact) mass is 169 g/mol. The van der Waals surface area contributed by atoms with E-state index >= 15 is 0 Å². The zero-order valence-corrected chi connectivity index (χ0v) is 6.75. The van der Waals surface area contributed by atoms with Crippen LogP contribution in [0.3, 0.4) is 0 Å². The number of amides is 2. The minimum absolute atomic E-state index is 0.166. The van der Waals surface area contributed by atoms with Crippen LogP contribution < -0.4 is 0 Å². The van der Waals surface area contributed by atoms with Crippen LogP contribution in [-0.2, 0) is 4.79 Å². The Bertz CT molecular complexity index is 245. The molecule has 0 radical (unpaired) electrons. The number of carboxylic acid groups (broad SMARTS) is 1. The van der Waals surface area contributed by atoms with E-state index in [0.29, 0.717) is 6.54 Å². The third-order valence-corrected chi connectivity index (χ3v) is 2.82. The van der Waals surface area contributed by atoms with Crippen molar-refractivity contribution in [3.63, 3.8) is 0 Å². The highest BCUT2D eigenvalue weighted by Crippen LogP contribution is 2.52. The van der Waals surface area contributed by atoms with E-state index in [1.54, 1.807) is 0 Å². The van der Waals surface area contributed by atoms with Crippen LogP contribution in [0, 0.1) is 5.41 Å². The van der Waals surface area contributed by atoms with Gasteiger partial charge in [-0.2, -0.15) is 0 Å². The van der Waals surface area contributed by atoms with Gasteiger partial charge in [0.15, 0.2) is 0 Å². The summed E-state index contributed by atoms with van der Waals surface area (Å²) in [5.41, 5.74) is -0.253. The Balaban J connectivity index is 2.16. The normalized spacial score (nSPS) is 26.0. The zero-order valence-electron chi connectivity index (χ0n) is 6.75. The molecule has 0 unspecified atom stereocenters. The van der Waals surface area contributed by atoms with Gasteiger partial charge in [0.05, 0.1) is 5.41 Å². The first-order valence-electron chi connectivity index (χ1n) is 4.21. The summed E-state index contributed by atoms with van der Waals surface area (Å²) >= 11 is 0. The third-order valence-electron chi connectivity index (χ3n) is 2.82. The van der Waals surface area contributed by atoms with Gasteiger partial charge in [0, 0.05) is 6.54 Å². The molecular weight excluding hydrogens is 158 g/mol. The molecule has 1 N–H and O–H groups in total. The standard InChI is InChI=1S/C8H11NO3/c10-6-8(3-4-8)2-1-5-9(6)7(11)12/h1-5H2,(H,11,12). The van der Waals surface area contributed by atoms with Gasteiger partial charge < -0.3 is 5.11 Å². The van der Waals surface area contributed by atoms with E-state index in [0.717, 1.165) is 30.6 Å². The average Bonchev–Trinajstić information content (AvgIpc) is 2.76. The van der Waals surface area contributed by atoms with Crippen molar-refractivity contribution in [1.29, 1.82) is 0 Å². The summed E-state index contributed by atoms with van der Waals surface area (Å²) < 4.78 is 0. The van der Waals surface area contributed by atoms with Crippen molar-refractivity contribution >= 4 is 12.0 Å². The van der Waals surface area contributed by atoms with Gasteiger partial charge in [0.25, 0.3) is 0 Å². The van der Waals surface area contributed by atoms with Crippen molar-refractivity contribution in [2.45, 2.75) is 25.7 Å². The van der Waals surface area contributed by atoms with E-state index in [9.17, 15) is 9.59 Å². The molecule has 2 fully saturated rings. The first-order valence-corrected chi connectivity index (χ1v) is 4.21. The molecule has 0 aromatic heterocycles. The first-order chi connectivity index (χ1) is 5.66. The van der Waals surface area contributed by atoms with E-state index in [2.05, 4.69) is 0 Å². The van der Waals surface area contributed by atoms with Gasteiger partial charge in [-0.05, 0) is 25.7 Å². The molecule has 2 rings (SSSR count). The fourth-order valence-corrected chi connectivity index (χ4v) is 1.87. The first kappa shape index (κ1) is 7.58. The SMILES string of the molecule is O=C(O)N1CCCC2(CC2)C1=O. The lowest BCUT2D eigenvalue weighted by atomic mass is 9.94. The Morgan fingerprint density at radius 3 is 2.58 bits per heavy atom. The number of hydrogen-bond donors (Lipinski definition) is 1. The summed E-state index contributed by atoms with van der Waals surface area (Å²) in [7, 11) is 0. The van der Waals surface area contributed by atoms with Crippen LogP contribution in [-0.4, -0.2) is 28.6 Å². The molecule has 1 aliphatic heterocycles. The number of imide groups is 1. The molecule has 1 saturated heterocycles. The Hall–Kier alpha value is -1.06. The van der Waals surface area contributed by atoms with Gasteiger partial charge in [0.2, 0.25) is 5.91 Å². The second-order valence-corrected chi connectivity index (χ2v) is 3.62. The highest BCUT2D eigenvalue weighted by Gasteiger charge is 2.54. The molecule has 12 heavy (non-hydrogen) atoms. The van der Waals surface area contributed by atoms with Crippen LogP contribution in [0.25, 0.3) is 0 Å². The van der Waals surface area contributed by atoms with Crippen LogP contribution in [0.5, 0.6) is 0 Å². The summed E-state index contributed by atoms with van der Waals surface area (Å²) in [5, 5.41) is 8.67. The summed E-state index contributed by atoms with van der Waals surface area (Å²) in [6.45, 7) is 0.385. The maximum Gasteiger partial charge on any atom is 0.414 e. The maximum absolute atomic E-state index is 11.5. The molecule has 66 valence electrons. The second-order valence-electron chi connectivity index (χ2n) is 3.62. The van der Waals surface area contributed by atoms with Crippen LogP contribution in [0.1, 0.15) is 25.7 Å².